The first kappa shape index (κ1) is 18.9. The number of carbonyl (C=O) groups is 2. The first-order valence-corrected chi connectivity index (χ1v) is 9.41. The van der Waals surface area contributed by atoms with Gasteiger partial charge in [0, 0.05) is 39.9 Å². The first-order chi connectivity index (χ1) is 12.5. The standard InChI is InChI=1S/C19H29N3O4/c1-14-3-4-16(26-14)13-22-8-7-20-19(24)17(22)11-18(23)21(2)12-15-5-9-25-10-6-15/h3-4,15,17H,5-13H2,1-2H3,(H,20,24). The molecule has 1 aromatic heterocycles. The van der Waals surface area contributed by atoms with E-state index in [2.05, 4.69) is 5.32 Å². The molecule has 2 saturated heterocycles. The lowest BCUT2D eigenvalue weighted by Gasteiger charge is -2.35. The summed E-state index contributed by atoms with van der Waals surface area (Å²) in [5.41, 5.74) is 0. The molecule has 2 amide bonds. The van der Waals surface area contributed by atoms with Crippen molar-refractivity contribution in [2.75, 3.05) is 39.9 Å². The number of nitrogens with one attached hydrogen (secondary N) is 1. The highest BCUT2D eigenvalue weighted by Gasteiger charge is 2.33. The van der Waals surface area contributed by atoms with Crippen molar-refractivity contribution in [1.29, 1.82) is 0 Å². The summed E-state index contributed by atoms with van der Waals surface area (Å²) in [6.07, 6.45) is 2.18. The zero-order chi connectivity index (χ0) is 18.5. The Balaban J connectivity index is 1.58. The lowest BCUT2D eigenvalue weighted by Crippen LogP contribution is -2.56. The van der Waals surface area contributed by atoms with Crippen LogP contribution in [0.1, 0.15) is 30.8 Å². The number of aryl methyl sites for hydroxylation is 1. The van der Waals surface area contributed by atoms with Crippen LogP contribution < -0.4 is 5.32 Å². The van der Waals surface area contributed by atoms with Gasteiger partial charge in [0.15, 0.2) is 0 Å². The van der Waals surface area contributed by atoms with Gasteiger partial charge in [-0.25, -0.2) is 0 Å². The Morgan fingerprint density at radius 2 is 2.12 bits per heavy atom. The quantitative estimate of drug-likeness (QED) is 0.821. The van der Waals surface area contributed by atoms with Gasteiger partial charge in [-0.3, -0.25) is 14.5 Å². The normalized spacial score (nSPS) is 22.2. The van der Waals surface area contributed by atoms with Crippen LogP contribution >= 0.6 is 0 Å². The third-order valence-electron chi connectivity index (χ3n) is 5.26. The SMILES string of the molecule is Cc1ccc(CN2CCNC(=O)C2CC(=O)N(C)CC2CCOCC2)o1. The number of amides is 2. The van der Waals surface area contributed by atoms with E-state index >= 15 is 0 Å². The summed E-state index contributed by atoms with van der Waals surface area (Å²) in [4.78, 5) is 28.9. The van der Waals surface area contributed by atoms with Crippen molar-refractivity contribution in [3.8, 4) is 0 Å². The van der Waals surface area contributed by atoms with Gasteiger partial charge in [-0.2, -0.15) is 0 Å². The number of nitrogens with zero attached hydrogens (tertiary/aromatic N) is 2. The van der Waals surface area contributed by atoms with Crippen LogP contribution in [0.15, 0.2) is 16.5 Å². The van der Waals surface area contributed by atoms with Crippen molar-refractivity contribution in [1.82, 2.24) is 15.1 Å². The largest absolute Gasteiger partial charge is 0.465 e. The second-order valence-corrected chi connectivity index (χ2v) is 7.32. The van der Waals surface area contributed by atoms with E-state index < -0.39 is 6.04 Å². The molecule has 7 nitrogen and oxygen atoms in total. The molecule has 2 fully saturated rings. The Hall–Kier alpha value is -1.86. The zero-order valence-electron chi connectivity index (χ0n) is 15.7. The van der Waals surface area contributed by atoms with Crippen LogP contribution in [0.4, 0.5) is 0 Å². The Morgan fingerprint density at radius 3 is 2.81 bits per heavy atom. The maximum absolute atomic E-state index is 12.7. The van der Waals surface area contributed by atoms with Gasteiger partial charge in [-0.15, -0.1) is 0 Å². The molecule has 0 saturated carbocycles. The van der Waals surface area contributed by atoms with E-state index in [1.807, 2.05) is 31.0 Å². The predicted octanol–water partition coefficient (Wildman–Crippen LogP) is 1.16. The fraction of sp³-hybridized carbons (Fsp3) is 0.684. The van der Waals surface area contributed by atoms with Crippen molar-refractivity contribution in [2.45, 2.75) is 38.8 Å². The van der Waals surface area contributed by atoms with Gasteiger partial charge < -0.3 is 19.4 Å². The van der Waals surface area contributed by atoms with Crippen molar-refractivity contribution in [3.63, 3.8) is 0 Å². The zero-order valence-corrected chi connectivity index (χ0v) is 15.7. The van der Waals surface area contributed by atoms with Crippen LogP contribution in [-0.2, 0) is 20.9 Å². The molecule has 7 heteroatoms. The maximum Gasteiger partial charge on any atom is 0.237 e. The summed E-state index contributed by atoms with van der Waals surface area (Å²) in [5, 5.41) is 2.88. The first-order valence-electron chi connectivity index (χ1n) is 9.41. The minimum Gasteiger partial charge on any atom is -0.465 e. The summed E-state index contributed by atoms with van der Waals surface area (Å²) in [6, 6.07) is 3.40. The topological polar surface area (TPSA) is 75.0 Å². The minimum atomic E-state index is -0.446. The third-order valence-corrected chi connectivity index (χ3v) is 5.26. The Labute approximate surface area is 154 Å². The number of carbonyl (C=O) groups excluding carboxylic acids is 2. The summed E-state index contributed by atoms with van der Waals surface area (Å²) in [6.45, 7) is 6.03. The monoisotopic (exact) mass is 363 g/mol. The minimum absolute atomic E-state index is 0.0131. The molecule has 3 rings (SSSR count). The number of rotatable bonds is 6. The Morgan fingerprint density at radius 1 is 1.35 bits per heavy atom. The molecule has 26 heavy (non-hydrogen) atoms. The summed E-state index contributed by atoms with van der Waals surface area (Å²) in [7, 11) is 1.83. The third kappa shape index (κ3) is 4.86. The number of piperazine rings is 1. The number of furan rings is 1. The molecule has 1 atom stereocenters. The predicted molar refractivity (Wildman–Crippen MR) is 96.4 cm³/mol. The Bertz CT molecular complexity index is 624. The van der Waals surface area contributed by atoms with E-state index in [9.17, 15) is 9.59 Å². The summed E-state index contributed by atoms with van der Waals surface area (Å²) < 4.78 is 11.0. The van der Waals surface area contributed by atoms with Crippen LogP contribution in [-0.4, -0.2) is 67.6 Å². The van der Waals surface area contributed by atoms with Gasteiger partial charge in [0.1, 0.15) is 11.5 Å². The second kappa shape index (κ2) is 8.68. The smallest absolute Gasteiger partial charge is 0.237 e. The summed E-state index contributed by atoms with van der Waals surface area (Å²) in [5.74, 6) is 2.10. The molecule has 0 spiro atoms. The lowest BCUT2D eigenvalue weighted by molar-refractivity contribution is -0.139. The molecular weight excluding hydrogens is 334 g/mol. The van der Waals surface area contributed by atoms with Crippen LogP contribution in [0.5, 0.6) is 0 Å². The molecule has 0 aromatic carbocycles. The highest BCUT2D eigenvalue weighted by Crippen LogP contribution is 2.19. The number of ether oxygens (including phenoxy) is 1. The molecule has 3 heterocycles. The molecule has 0 aliphatic carbocycles. The van der Waals surface area contributed by atoms with E-state index in [-0.39, 0.29) is 18.2 Å². The van der Waals surface area contributed by atoms with Gasteiger partial charge in [-0.1, -0.05) is 0 Å². The van der Waals surface area contributed by atoms with Gasteiger partial charge in [-0.05, 0) is 37.8 Å². The van der Waals surface area contributed by atoms with Crippen LogP contribution in [0.25, 0.3) is 0 Å². The van der Waals surface area contributed by atoms with Gasteiger partial charge >= 0.3 is 0 Å². The highest BCUT2D eigenvalue weighted by atomic mass is 16.5. The lowest BCUT2D eigenvalue weighted by atomic mass is 9.99. The van der Waals surface area contributed by atoms with Crippen molar-refractivity contribution in [3.05, 3.63) is 23.7 Å². The molecule has 1 aromatic rings. The van der Waals surface area contributed by atoms with E-state index in [4.69, 9.17) is 9.15 Å². The molecule has 0 radical (unpaired) electrons. The molecule has 2 aliphatic heterocycles. The van der Waals surface area contributed by atoms with Crippen molar-refractivity contribution >= 4 is 11.8 Å². The maximum atomic E-state index is 12.7. The molecule has 0 bridgehead atoms. The van der Waals surface area contributed by atoms with Crippen molar-refractivity contribution in [2.24, 2.45) is 5.92 Å². The molecule has 1 N–H and O–H groups in total. The van der Waals surface area contributed by atoms with Gasteiger partial charge in [0.2, 0.25) is 11.8 Å². The molecule has 1 unspecified atom stereocenters. The van der Waals surface area contributed by atoms with Crippen LogP contribution in [0.2, 0.25) is 0 Å². The van der Waals surface area contributed by atoms with Gasteiger partial charge in [0.05, 0.1) is 19.0 Å². The van der Waals surface area contributed by atoms with E-state index in [1.165, 1.54) is 0 Å². The fourth-order valence-electron chi connectivity index (χ4n) is 3.68. The van der Waals surface area contributed by atoms with Crippen molar-refractivity contribution < 1.29 is 18.7 Å². The average molecular weight is 363 g/mol. The molecular formula is C19H29N3O4. The van der Waals surface area contributed by atoms with E-state index in [1.54, 1.807) is 4.90 Å². The highest BCUT2D eigenvalue weighted by molar-refractivity contribution is 5.88. The van der Waals surface area contributed by atoms with E-state index in [0.29, 0.717) is 25.6 Å². The number of hydrogen-bond acceptors (Lipinski definition) is 5. The average Bonchev–Trinajstić information content (AvgIpc) is 3.03. The van der Waals surface area contributed by atoms with Crippen LogP contribution in [0.3, 0.4) is 0 Å². The second-order valence-electron chi connectivity index (χ2n) is 7.32. The number of hydrogen-bond donors (Lipinski definition) is 1. The molecule has 2 aliphatic rings. The summed E-state index contributed by atoms with van der Waals surface area (Å²) >= 11 is 0. The van der Waals surface area contributed by atoms with Crippen LogP contribution in [0, 0.1) is 12.8 Å². The molecule has 144 valence electrons. The van der Waals surface area contributed by atoms with Gasteiger partial charge in [0.25, 0.3) is 0 Å². The fourth-order valence-corrected chi connectivity index (χ4v) is 3.68. The Kier molecular flexibility index (Phi) is 6.32. The van der Waals surface area contributed by atoms with E-state index in [0.717, 1.165) is 44.1 Å².